The molecule has 4 heteroatoms. The highest BCUT2D eigenvalue weighted by Crippen LogP contribution is 2.20. The third-order valence-corrected chi connectivity index (χ3v) is 3.08. The van der Waals surface area contributed by atoms with Crippen molar-refractivity contribution in [3.05, 3.63) is 29.8 Å². The number of hydrogen-bond acceptors (Lipinski definition) is 3. The molecule has 0 radical (unpaired) electrons. The SMILES string of the molecule is CC1(NCc2cncc(F)c2)CCOCC1. The molecule has 16 heavy (non-hydrogen) atoms. The second-order valence-electron chi connectivity index (χ2n) is 4.54. The molecule has 1 aliphatic heterocycles. The summed E-state index contributed by atoms with van der Waals surface area (Å²) in [5, 5.41) is 3.45. The standard InChI is InChI=1S/C12H17FN2O/c1-12(2-4-16-5-3-12)15-8-10-6-11(13)9-14-7-10/h6-7,9,15H,2-5,8H2,1H3. The van der Waals surface area contributed by atoms with Gasteiger partial charge in [-0.05, 0) is 31.4 Å². The predicted molar refractivity (Wildman–Crippen MR) is 59.5 cm³/mol. The average molecular weight is 224 g/mol. The van der Waals surface area contributed by atoms with Gasteiger partial charge in [0.2, 0.25) is 0 Å². The van der Waals surface area contributed by atoms with Crippen LogP contribution in [0.4, 0.5) is 4.39 Å². The molecule has 0 aromatic carbocycles. The molecule has 0 atom stereocenters. The van der Waals surface area contributed by atoms with Crippen LogP contribution in [-0.4, -0.2) is 23.7 Å². The van der Waals surface area contributed by atoms with Gasteiger partial charge in [-0.25, -0.2) is 4.39 Å². The molecular weight excluding hydrogens is 207 g/mol. The molecule has 1 aliphatic rings. The summed E-state index contributed by atoms with van der Waals surface area (Å²) in [5.41, 5.74) is 0.984. The van der Waals surface area contributed by atoms with Crippen LogP contribution in [0.3, 0.4) is 0 Å². The summed E-state index contributed by atoms with van der Waals surface area (Å²) in [5.74, 6) is -0.281. The van der Waals surface area contributed by atoms with Gasteiger partial charge in [0.1, 0.15) is 5.82 Å². The first-order chi connectivity index (χ1) is 7.68. The minimum atomic E-state index is -0.281. The smallest absolute Gasteiger partial charge is 0.141 e. The lowest BCUT2D eigenvalue weighted by atomic mass is 9.92. The fraction of sp³-hybridized carbons (Fsp3) is 0.583. The van der Waals surface area contributed by atoms with Crippen LogP contribution in [0, 0.1) is 5.82 Å². The Morgan fingerprint density at radius 3 is 2.88 bits per heavy atom. The van der Waals surface area contributed by atoms with Gasteiger partial charge in [0.15, 0.2) is 0 Å². The van der Waals surface area contributed by atoms with Crippen LogP contribution in [0.15, 0.2) is 18.5 Å². The summed E-state index contributed by atoms with van der Waals surface area (Å²) in [6.45, 7) is 4.43. The Balaban J connectivity index is 1.91. The second kappa shape index (κ2) is 4.89. The van der Waals surface area contributed by atoms with E-state index in [1.54, 1.807) is 6.20 Å². The maximum absolute atomic E-state index is 12.9. The lowest BCUT2D eigenvalue weighted by Gasteiger charge is -2.34. The van der Waals surface area contributed by atoms with Gasteiger partial charge in [-0.2, -0.15) is 0 Å². The Hall–Kier alpha value is -1.00. The Morgan fingerprint density at radius 1 is 1.44 bits per heavy atom. The van der Waals surface area contributed by atoms with Crippen LogP contribution in [0.2, 0.25) is 0 Å². The van der Waals surface area contributed by atoms with Crippen molar-refractivity contribution in [1.29, 1.82) is 0 Å². The molecule has 1 saturated heterocycles. The third kappa shape index (κ3) is 3.00. The van der Waals surface area contributed by atoms with Gasteiger partial charge < -0.3 is 10.1 Å². The largest absolute Gasteiger partial charge is 0.381 e. The first kappa shape index (κ1) is 11.5. The van der Waals surface area contributed by atoms with E-state index in [0.717, 1.165) is 31.6 Å². The monoisotopic (exact) mass is 224 g/mol. The summed E-state index contributed by atoms with van der Waals surface area (Å²) in [6.07, 6.45) is 4.91. The topological polar surface area (TPSA) is 34.2 Å². The average Bonchev–Trinajstić information content (AvgIpc) is 2.28. The van der Waals surface area contributed by atoms with Crippen molar-refractivity contribution in [2.75, 3.05) is 13.2 Å². The number of nitrogens with one attached hydrogen (secondary N) is 1. The molecule has 2 rings (SSSR count). The highest BCUT2D eigenvalue weighted by Gasteiger charge is 2.26. The third-order valence-electron chi connectivity index (χ3n) is 3.08. The molecule has 0 amide bonds. The molecule has 1 N–H and O–H groups in total. The Kier molecular flexibility index (Phi) is 3.51. The molecule has 0 bridgehead atoms. The minimum absolute atomic E-state index is 0.102. The molecule has 0 saturated carbocycles. The number of aromatic nitrogens is 1. The Bertz CT molecular complexity index is 351. The van der Waals surface area contributed by atoms with Crippen LogP contribution in [0.25, 0.3) is 0 Å². The van der Waals surface area contributed by atoms with Crippen molar-refractivity contribution in [1.82, 2.24) is 10.3 Å². The molecule has 1 fully saturated rings. The predicted octanol–water partition coefficient (Wildman–Crippen LogP) is 1.88. The van der Waals surface area contributed by atoms with Crippen LogP contribution in [0.1, 0.15) is 25.3 Å². The van der Waals surface area contributed by atoms with Crippen molar-refractivity contribution >= 4 is 0 Å². The van der Waals surface area contributed by atoms with E-state index in [2.05, 4.69) is 17.2 Å². The van der Waals surface area contributed by atoms with Crippen molar-refractivity contribution < 1.29 is 9.13 Å². The van der Waals surface area contributed by atoms with E-state index in [-0.39, 0.29) is 11.4 Å². The van der Waals surface area contributed by atoms with Gasteiger partial charge in [-0.3, -0.25) is 4.98 Å². The van der Waals surface area contributed by atoms with E-state index < -0.39 is 0 Å². The zero-order valence-electron chi connectivity index (χ0n) is 9.50. The molecule has 0 spiro atoms. The van der Waals surface area contributed by atoms with Gasteiger partial charge in [-0.15, -0.1) is 0 Å². The highest BCUT2D eigenvalue weighted by atomic mass is 19.1. The van der Waals surface area contributed by atoms with Gasteiger partial charge in [-0.1, -0.05) is 0 Å². The van der Waals surface area contributed by atoms with Crippen molar-refractivity contribution in [3.8, 4) is 0 Å². The van der Waals surface area contributed by atoms with Gasteiger partial charge in [0.05, 0.1) is 6.20 Å². The lowest BCUT2D eigenvalue weighted by molar-refractivity contribution is 0.0446. The van der Waals surface area contributed by atoms with Crippen molar-refractivity contribution in [3.63, 3.8) is 0 Å². The van der Waals surface area contributed by atoms with E-state index in [4.69, 9.17) is 4.74 Å². The summed E-state index contributed by atoms with van der Waals surface area (Å²) < 4.78 is 18.2. The number of rotatable bonds is 3. The quantitative estimate of drug-likeness (QED) is 0.851. The molecule has 2 heterocycles. The molecule has 0 aliphatic carbocycles. The fourth-order valence-corrected chi connectivity index (χ4v) is 1.87. The molecule has 1 aromatic rings. The lowest BCUT2D eigenvalue weighted by Crippen LogP contribution is -2.46. The summed E-state index contributed by atoms with van der Waals surface area (Å²) >= 11 is 0. The van der Waals surface area contributed by atoms with Gasteiger partial charge in [0.25, 0.3) is 0 Å². The van der Waals surface area contributed by atoms with Crippen molar-refractivity contribution in [2.24, 2.45) is 0 Å². The zero-order valence-corrected chi connectivity index (χ0v) is 9.50. The van der Waals surface area contributed by atoms with Crippen molar-refractivity contribution in [2.45, 2.75) is 31.8 Å². The molecule has 88 valence electrons. The summed E-state index contributed by atoms with van der Waals surface area (Å²) in [4.78, 5) is 3.83. The Labute approximate surface area is 95.0 Å². The number of halogens is 1. The first-order valence-corrected chi connectivity index (χ1v) is 5.60. The number of hydrogen-bond donors (Lipinski definition) is 1. The Morgan fingerprint density at radius 2 is 2.19 bits per heavy atom. The van der Waals surface area contributed by atoms with Crippen LogP contribution >= 0.6 is 0 Å². The first-order valence-electron chi connectivity index (χ1n) is 5.60. The number of pyridine rings is 1. The highest BCUT2D eigenvalue weighted by molar-refractivity contribution is 5.10. The van der Waals surface area contributed by atoms with Crippen LogP contribution in [0.5, 0.6) is 0 Å². The van der Waals surface area contributed by atoms with E-state index in [1.165, 1.54) is 12.3 Å². The molecule has 1 aromatic heterocycles. The van der Waals surface area contributed by atoms with E-state index in [9.17, 15) is 4.39 Å². The normalized spacial score (nSPS) is 19.6. The van der Waals surface area contributed by atoms with Crippen LogP contribution < -0.4 is 5.32 Å². The zero-order chi connectivity index (χ0) is 11.4. The molecule has 3 nitrogen and oxygen atoms in total. The number of ether oxygens (including phenoxy) is 1. The maximum Gasteiger partial charge on any atom is 0.141 e. The van der Waals surface area contributed by atoms with Gasteiger partial charge in [0, 0.05) is 31.5 Å². The fourth-order valence-electron chi connectivity index (χ4n) is 1.87. The van der Waals surface area contributed by atoms with Gasteiger partial charge >= 0.3 is 0 Å². The summed E-state index contributed by atoms with van der Waals surface area (Å²) in [7, 11) is 0. The van der Waals surface area contributed by atoms with Crippen LogP contribution in [-0.2, 0) is 11.3 Å². The molecular formula is C12H17FN2O. The maximum atomic E-state index is 12.9. The summed E-state index contributed by atoms with van der Waals surface area (Å²) in [6, 6.07) is 1.52. The van der Waals surface area contributed by atoms with E-state index in [0.29, 0.717) is 6.54 Å². The molecule has 0 unspecified atom stereocenters. The minimum Gasteiger partial charge on any atom is -0.381 e. The second-order valence-corrected chi connectivity index (χ2v) is 4.54. The van der Waals surface area contributed by atoms with E-state index in [1.807, 2.05) is 0 Å². The van der Waals surface area contributed by atoms with E-state index >= 15 is 0 Å². The number of nitrogens with zero attached hydrogens (tertiary/aromatic N) is 1.